The molecule has 7 heteroatoms. The maximum atomic E-state index is 12.0. The fourth-order valence-corrected chi connectivity index (χ4v) is 2.15. The van der Waals surface area contributed by atoms with Gasteiger partial charge in [-0.3, -0.25) is 0 Å². The quantitative estimate of drug-likeness (QED) is 0.607. The van der Waals surface area contributed by atoms with Crippen LogP contribution >= 0.6 is 11.6 Å². The molecule has 0 bridgehead atoms. The molecule has 0 spiro atoms. The molecule has 1 atom stereocenters. The predicted octanol–water partition coefficient (Wildman–Crippen LogP) is 3.32. The molecule has 0 N–H and O–H groups in total. The van der Waals surface area contributed by atoms with Gasteiger partial charge >= 0.3 is 0 Å². The highest BCUT2D eigenvalue weighted by Crippen LogP contribution is 2.23. The topological polar surface area (TPSA) is 39.9 Å². The Hall–Kier alpha value is -1.27. The molecule has 4 nitrogen and oxygen atoms in total. The lowest BCUT2D eigenvalue weighted by Crippen LogP contribution is -2.13. The van der Waals surface area contributed by atoms with E-state index in [0.717, 1.165) is 11.1 Å². The third-order valence-corrected chi connectivity index (χ3v) is 3.01. The molecule has 2 rings (SSSR count). The van der Waals surface area contributed by atoms with Crippen molar-refractivity contribution in [3.63, 3.8) is 0 Å². The molecule has 0 saturated heterocycles. The molecule has 2 aromatic rings. The standard InChI is InChI=1S/C13H16ClF2N3O/c1-8-5-10-13(17-6-8)19(12(18-10)9(2)14)3-4-20-7-11(15)16/h5-6,9,11H,3-4,7H2,1-2H3. The van der Waals surface area contributed by atoms with Gasteiger partial charge in [-0.25, -0.2) is 18.7 Å². The number of ether oxygens (including phenoxy) is 1. The molecule has 0 radical (unpaired) electrons. The smallest absolute Gasteiger partial charge is 0.261 e. The van der Waals surface area contributed by atoms with Crippen LogP contribution in [-0.2, 0) is 11.3 Å². The zero-order chi connectivity index (χ0) is 14.7. The van der Waals surface area contributed by atoms with Crippen molar-refractivity contribution in [2.24, 2.45) is 0 Å². The van der Waals surface area contributed by atoms with Crippen molar-refractivity contribution >= 4 is 22.8 Å². The summed E-state index contributed by atoms with van der Waals surface area (Å²) < 4.78 is 30.8. The van der Waals surface area contributed by atoms with E-state index in [1.54, 1.807) is 6.20 Å². The molecule has 0 aliphatic rings. The molecule has 2 heterocycles. The van der Waals surface area contributed by atoms with Crippen LogP contribution in [0.15, 0.2) is 12.3 Å². The Kier molecular flexibility index (Phi) is 4.88. The van der Waals surface area contributed by atoms with Crippen LogP contribution < -0.4 is 0 Å². The lowest BCUT2D eigenvalue weighted by atomic mass is 10.3. The van der Waals surface area contributed by atoms with Crippen LogP contribution in [0.2, 0.25) is 0 Å². The molecule has 0 fully saturated rings. The van der Waals surface area contributed by atoms with E-state index in [1.807, 2.05) is 24.5 Å². The van der Waals surface area contributed by atoms with Crippen molar-refractivity contribution in [3.8, 4) is 0 Å². The van der Waals surface area contributed by atoms with Gasteiger partial charge in [-0.2, -0.15) is 0 Å². The number of pyridine rings is 1. The van der Waals surface area contributed by atoms with Gasteiger partial charge in [-0.15, -0.1) is 11.6 Å². The van der Waals surface area contributed by atoms with Gasteiger partial charge in [0.05, 0.1) is 12.0 Å². The van der Waals surface area contributed by atoms with Gasteiger partial charge in [0.25, 0.3) is 6.43 Å². The second-order valence-electron chi connectivity index (χ2n) is 4.56. The first-order valence-electron chi connectivity index (χ1n) is 6.31. The van der Waals surface area contributed by atoms with Gasteiger partial charge < -0.3 is 9.30 Å². The SMILES string of the molecule is Cc1cnc2c(c1)nc(C(C)Cl)n2CCOCC(F)F. The molecule has 0 amide bonds. The maximum absolute atomic E-state index is 12.0. The highest BCUT2D eigenvalue weighted by Gasteiger charge is 2.16. The highest BCUT2D eigenvalue weighted by atomic mass is 35.5. The summed E-state index contributed by atoms with van der Waals surface area (Å²) in [4.78, 5) is 8.79. The molecule has 1 unspecified atom stereocenters. The van der Waals surface area contributed by atoms with Crippen LogP contribution in [0.25, 0.3) is 11.2 Å². The zero-order valence-corrected chi connectivity index (χ0v) is 12.1. The first kappa shape index (κ1) is 15.1. The van der Waals surface area contributed by atoms with Crippen LogP contribution in [0.4, 0.5) is 8.78 Å². The minimum Gasteiger partial charge on any atom is -0.374 e. The molecule has 0 aliphatic carbocycles. The third-order valence-electron chi connectivity index (χ3n) is 2.81. The van der Waals surface area contributed by atoms with Crippen LogP contribution in [0.3, 0.4) is 0 Å². The van der Waals surface area contributed by atoms with Crippen LogP contribution in [-0.4, -0.2) is 34.2 Å². The summed E-state index contributed by atoms with van der Waals surface area (Å²) in [6.07, 6.45) is -0.717. The molecule has 0 aromatic carbocycles. The normalized spacial score (nSPS) is 13.3. The lowest BCUT2D eigenvalue weighted by molar-refractivity contribution is 0.0148. The van der Waals surface area contributed by atoms with E-state index in [4.69, 9.17) is 16.3 Å². The summed E-state index contributed by atoms with van der Waals surface area (Å²) in [5.74, 6) is 0.667. The van der Waals surface area contributed by atoms with Crippen LogP contribution in [0.5, 0.6) is 0 Å². The number of hydrogen-bond donors (Lipinski definition) is 0. The molecular formula is C13H16ClF2N3O. The largest absolute Gasteiger partial charge is 0.374 e. The summed E-state index contributed by atoms with van der Waals surface area (Å²) in [5, 5.41) is -0.292. The lowest BCUT2D eigenvalue weighted by Gasteiger charge is -2.10. The summed E-state index contributed by atoms with van der Waals surface area (Å²) in [6.45, 7) is 3.74. The van der Waals surface area contributed by atoms with Gasteiger partial charge in [0, 0.05) is 12.7 Å². The minimum atomic E-state index is -2.46. The van der Waals surface area contributed by atoms with Gasteiger partial charge in [0.2, 0.25) is 0 Å². The van der Waals surface area contributed by atoms with Crippen molar-refractivity contribution in [1.29, 1.82) is 0 Å². The number of halogens is 3. The number of imidazole rings is 1. The Morgan fingerprint density at radius 2 is 2.20 bits per heavy atom. The number of hydrogen-bond acceptors (Lipinski definition) is 3. The molecule has 0 aliphatic heterocycles. The fraction of sp³-hybridized carbons (Fsp3) is 0.538. The first-order valence-corrected chi connectivity index (χ1v) is 6.75. The Morgan fingerprint density at radius 1 is 1.45 bits per heavy atom. The Bertz CT molecular complexity index is 586. The fourth-order valence-electron chi connectivity index (χ4n) is 1.98. The van der Waals surface area contributed by atoms with Crippen molar-refractivity contribution < 1.29 is 13.5 Å². The minimum absolute atomic E-state index is 0.169. The zero-order valence-electron chi connectivity index (χ0n) is 11.3. The first-order chi connectivity index (χ1) is 9.49. The van der Waals surface area contributed by atoms with E-state index in [-0.39, 0.29) is 12.0 Å². The molecule has 110 valence electrons. The van der Waals surface area contributed by atoms with E-state index in [0.29, 0.717) is 18.0 Å². The van der Waals surface area contributed by atoms with Crippen LogP contribution in [0, 0.1) is 6.92 Å². The number of aryl methyl sites for hydroxylation is 1. The maximum Gasteiger partial charge on any atom is 0.261 e. The summed E-state index contributed by atoms with van der Waals surface area (Å²) in [7, 11) is 0. The van der Waals surface area contributed by atoms with E-state index < -0.39 is 13.0 Å². The Labute approximate surface area is 120 Å². The van der Waals surface area contributed by atoms with Crippen molar-refractivity contribution in [2.45, 2.75) is 32.2 Å². The molecule has 0 saturated carbocycles. The number of aromatic nitrogens is 3. The molecule has 2 aromatic heterocycles. The van der Waals surface area contributed by atoms with Crippen molar-refractivity contribution in [1.82, 2.24) is 14.5 Å². The summed E-state index contributed by atoms with van der Waals surface area (Å²) in [5.41, 5.74) is 2.45. The second kappa shape index (κ2) is 6.45. The summed E-state index contributed by atoms with van der Waals surface area (Å²) >= 11 is 6.11. The van der Waals surface area contributed by atoms with Crippen molar-refractivity contribution in [2.75, 3.05) is 13.2 Å². The molecule has 20 heavy (non-hydrogen) atoms. The van der Waals surface area contributed by atoms with Gasteiger partial charge in [0.15, 0.2) is 5.65 Å². The molecular weight excluding hydrogens is 288 g/mol. The average Bonchev–Trinajstić information content (AvgIpc) is 2.72. The van der Waals surface area contributed by atoms with Crippen LogP contribution in [0.1, 0.15) is 23.7 Å². The van der Waals surface area contributed by atoms with E-state index in [9.17, 15) is 8.78 Å². The monoisotopic (exact) mass is 303 g/mol. The van der Waals surface area contributed by atoms with Gasteiger partial charge in [-0.05, 0) is 25.5 Å². The van der Waals surface area contributed by atoms with E-state index in [2.05, 4.69) is 9.97 Å². The number of rotatable bonds is 6. The van der Waals surface area contributed by atoms with E-state index in [1.165, 1.54) is 0 Å². The second-order valence-corrected chi connectivity index (χ2v) is 5.21. The Morgan fingerprint density at radius 3 is 2.85 bits per heavy atom. The van der Waals surface area contributed by atoms with Crippen molar-refractivity contribution in [3.05, 3.63) is 23.7 Å². The highest BCUT2D eigenvalue weighted by molar-refractivity contribution is 6.20. The van der Waals surface area contributed by atoms with Gasteiger partial charge in [0.1, 0.15) is 17.9 Å². The number of alkyl halides is 3. The Balaban J connectivity index is 2.22. The number of fused-ring (bicyclic) bond motifs is 1. The predicted molar refractivity (Wildman–Crippen MR) is 73.4 cm³/mol. The average molecular weight is 304 g/mol. The number of nitrogens with zero attached hydrogens (tertiary/aromatic N) is 3. The summed E-state index contributed by atoms with van der Waals surface area (Å²) in [6, 6.07) is 1.92. The third kappa shape index (κ3) is 3.43. The van der Waals surface area contributed by atoms with E-state index >= 15 is 0 Å². The van der Waals surface area contributed by atoms with Gasteiger partial charge in [-0.1, -0.05) is 0 Å².